The fraction of sp³-hybridized carbons (Fsp3) is 0.435. The van der Waals surface area contributed by atoms with Gasteiger partial charge in [0.15, 0.2) is 0 Å². The highest BCUT2D eigenvalue weighted by atomic mass is 16.6. The summed E-state index contributed by atoms with van der Waals surface area (Å²) in [5.41, 5.74) is 0.869. The van der Waals surface area contributed by atoms with Gasteiger partial charge in [-0.1, -0.05) is 30.3 Å². The van der Waals surface area contributed by atoms with E-state index in [0.29, 0.717) is 31.6 Å². The Balaban J connectivity index is 1.69. The quantitative estimate of drug-likeness (QED) is 0.519. The van der Waals surface area contributed by atoms with Gasteiger partial charge in [-0.15, -0.1) is 0 Å². The number of amides is 1. The maximum absolute atomic E-state index is 12.9. The molecular weight excluding hydrogens is 398 g/mol. The third-order valence-corrected chi connectivity index (χ3v) is 5.16. The van der Waals surface area contributed by atoms with Crippen molar-refractivity contribution >= 4 is 17.6 Å². The third kappa shape index (κ3) is 5.87. The van der Waals surface area contributed by atoms with E-state index in [4.69, 9.17) is 4.74 Å². The molecule has 1 aromatic carbocycles. The van der Waals surface area contributed by atoms with Crippen molar-refractivity contribution in [1.82, 2.24) is 9.88 Å². The number of ketones is 1. The van der Waals surface area contributed by atoms with Crippen molar-refractivity contribution in [3.05, 3.63) is 58.3 Å². The van der Waals surface area contributed by atoms with Crippen molar-refractivity contribution in [2.75, 3.05) is 13.1 Å². The standard InChI is InChI=1S/C23H27N3O5/c1-23(2,3)31-22(28)25-13-11-17(12-14-25)21(27)15-19-20(26(29)30)10-9-18(24-19)16-7-5-4-6-8-16/h4-10,17H,11-15H2,1-3H3. The number of aromatic nitrogens is 1. The smallest absolute Gasteiger partial charge is 0.410 e. The molecule has 0 bridgehead atoms. The molecule has 0 radical (unpaired) electrons. The molecule has 1 aliphatic rings. The number of pyridine rings is 1. The first-order valence-electron chi connectivity index (χ1n) is 10.3. The minimum atomic E-state index is -0.571. The summed E-state index contributed by atoms with van der Waals surface area (Å²) < 4.78 is 5.38. The highest BCUT2D eigenvalue weighted by Crippen LogP contribution is 2.26. The lowest BCUT2D eigenvalue weighted by Gasteiger charge is -2.32. The lowest BCUT2D eigenvalue weighted by molar-refractivity contribution is -0.385. The van der Waals surface area contributed by atoms with Crippen LogP contribution in [0.2, 0.25) is 0 Å². The molecule has 0 atom stereocenters. The number of carbonyl (C=O) groups excluding carboxylic acids is 2. The van der Waals surface area contributed by atoms with Crippen LogP contribution in [0.15, 0.2) is 42.5 Å². The Morgan fingerprint density at radius 1 is 1.13 bits per heavy atom. The monoisotopic (exact) mass is 425 g/mol. The van der Waals surface area contributed by atoms with E-state index in [9.17, 15) is 19.7 Å². The molecule has 2 heterocycles. The number of rotatable bonds is 5. The predicted molar refractivity (Wildman–Crippen MR) is 116 cm³/mol. The molecule has 0 spiro atoms. The van der Waals surface area contributed by atoms with Crippen LogP contribution in [-0.4, -0.2) is 45.4 Å². The lowest BCUT2D eigenvalue weighted by Crippen LogP contribution is -2.43. The normalized spacial score (nSPS) is 14.9. The van der Waals surface area contributed by atoms with E-state index < -0.39 is 10.5 Å². The van der Waals surface area contributed by atoms with E-state index in [2.05, 4.69) is 4.98 Å². The Morgan fingerprint density at radius 2 is 1.77 bits per heavy atom. The summed E-state index contributed by atoms with van der Waals surface area (Å²) in [6.45, 7) is 6.27. The second-order valence-electron chi connectivity index (χ2n) is 8.67. The van der Waals surface area contributed by atoms with Crippen molar-refractivity contribution in [1.29, 1.82) is 0 Å². The van der Waals surface area contributed by atoms with Crippen LogP contribution in [0.25, 0.3) is 11.3 Å². The fourth-order valence-corrected chi connectivity index (χ4v) is 3.58. The van der Waals surface area contributed by atoms with Crippen LogP contribution < -0.4 is 0 Å². The van der Waals surface area contributed by atoms with E-state index in [-0.39, 0.29) is 35.6 Å². The molecule has 0 aliphatic carbocycles. The van der Waals surface area contributed by atoms with Gasteiger partial charge >= 0.3 is 6.09 Å². The zero-order chi connectivity index (χ0) is 22.6. The van der Waals surface area contributed by atoms with Gasteiger partial charge in [0, 0.05) is 30.6 Å². The Bertz CT molecular complexity index is 961. The number of nitrogens with zero attached hydrogens (tertiary/aromatic N) is 3. The molecule has 8 nitrogen and oxygen atoms in total. The SMILES string of the molecule is CC(C)(C)OC(=O)N1CCC(C(=O)Cc2nc(-c3ccccc3)ccc2[N+](=O)[O-])CC1. The van der Waals surface area contributed by atoms with E-state index in [0.717, 1.165) is 5.56 Å². The van der Waals surface area contributed by atoms with Crippen molar-refractivity contribution in [2.45, 2.75) is 45.6 Å². The molecule has 1 amide bonds. The van der Waals surface area contributed by atoms with Gasteiger partial charge in [0.05, 0.1) is 17.0 Å². The van der Waals surface area contributed by atoms with Gasteiger partial charge in [0.1, 0.15) is 17.1 Å². The summed E-state index contributed by atoms with van der Waals surface area (Å²) in [6, 6.07) is 12.3. The van der Waals surface area contributed by atoms with Crippen LogP contribution in [0.3, 0.4) is 0 Å². The number of ether oxygens (including phenoxy) is 1. The number of hydrogen-bond donors (Lipinski definition) is 0. The molecule has 1 fully saturated rings. The van der Waals surface area contributed by atoms with Gasteiger partial charge in [0.2, 0.25) is 0 Å². The Hall–Kier alpha value is -3.29. The number of likely N-dealkylation sites (tertiary alicyclic amines) is 1. The fourth-order valence-electron chi connectivity index (χ4n) is 3.58. The minimum Gasteiger partial charge on any atom is -0.444 e. The average molecular weight is 425 g/mol. The van der Waals surface area contributed by atoms with E-state index >= 15 is 0 Å². The molecule has 164 valence electrons. The van der Waals surface area contributed by atoms with Crippen molar-refractivity contribution < 1.29 is 19.2 Å². The summed E-state index contributed by atoms with van der Waals surface area (Å²) in [7, 11) is 0. The second kappa shape index (κ2) is 9.24. The minimum absolute atomic E-state index is 0.0929. The molecule has 1 aromatic heterocycles. The van der Waals surface area contributed by atoms with Crippen molar-refractivity contribution in [3.8, 4) is 11.3 Å². The Morgan fingerprint density at radius 3 is 2.35 bits per heavy atom. The number of hydrogen-bond acceptors (Lipinski definition) is 6. The molecule has 0 saturated carbocycles. The lowest BCUT2D eigenvalue weighted by atomic mass is 9.90. The maximum Gasteiger partial charge on any atom is 0.410 e. The molecule has 2 aromatic rings. The summed E-state index contributed by atoms with van der Waals surface area (Å²) in [5, 5.41) is 11.5. The highest BCUT2D eigenvalue weighted by molar-refractivity contribution is 5.84. The number of Topliss-reactive ketones (excluding diaryl/α,β-unsaturated/α-hetero) is 1. The molecule has 8 heteroatoms. The molecule has 0 N–H and O–H groups in total. The van der Waals surface area contributed by atoms with Crippen LogP contribution in [0.4, 0.5) is 10.5 Å². The molecule has 3 rings (SSSR count). The average Bonchev–Trinajstić information content (AvgIpc) is 2.73. The Labute approximate surface area is 181 Å². The van der Waals surface area contributed by atoms with Crippen LogP contribution in [-0.2, 0) is 16.0 Å². The molecule has 31 heavy (non-hydrogen) atoms. The summed E-state index contributed by atoms with van der Waals surface area (Å²) in [4.78, 5) is 42.1. The van der Waals surface area contributed by atoms with Crippen LogP contribution in [0.1, 0.15) is 39.3 Å². The van der Waals surface area contributed by atoms with Crippen molar-refractivity contribution in [3.63, 3.8) is 0 Å². The van der Waals surface area contributed by atoms with Gasteiger partial charge in [-0.25, -0.2) is 9.78 Å². The summed E-state index contributed by atoms with van der Waals surface area (Å²) in [6.07, 6.45) is 0.522. The van der Waals surface area contributed by atoms with E-state index in [1.807, 2.05) is 51.1 Å². The van der Waals surface area contributed by atoms with Crippen LogP contribution in [0.5, 0.6) is 0 Å². The zero-order valence-corrected chi connectivity index (χ0v) is 18.0. The Kier molecular flexibility index (Phi) is 6.68. The molecule has 1 aliphatic heterocycles. The summed E-state index contributed by atoms with van der Waals surface area (Å²) in [5.74, 6) is -0.356. The van der Waals surface area contributed by atoms with Gasteiger partial charge < -0.3 is 9.64 Å². The first kappa shape index (κ1) is 22.4. The molecular formula is C23H27N3O5. The van der Waals surface area contributed by atoms with Gasteiger partial charge in [-0.2, -0.15) is 0 Å². The van der Waals surface area contributed by atoms with Gasteiger partial charge in [-0.05, 0) is 39.7 Å². The van der Waals surface area contributed by atoms with Crippen LogP contribution in [0, 0.1) is 16.0 Å². The largest absolute Gasteiger partial charge is 0.444 e. The first-order valence-corrected chi connectivity index (χ1v) is 10.3. The highest BCUT2D eigenvalue weighted by Gasteiger charge is 2.31. The second-order valence-corrected chi connectivity index (χ2v) is 8.67. The molecule has 1 saturated heterocycles. The first-order chi connectivity index (χ1) is 14.6. The number of piperidine rings is 1. The van der Waals surface area contributed by atoms with Gasteiger partial charge in [-0.3, -0.25) is 14.9 Å². The van der Waals surface area contributed by atoms with Crippen molar-refractivity contribution in [2.24, 2.45) is 5.92 Å². The third-order valence-electron chi connectivity index (χ3n) is 5.16. The van der Waals surface area contributed by atoms with Crippen LogP contribution >= 0.6 is 0 Å². The number of carbonyl (C=O) groups is 2. The summed E-state index contributed by atoms with van der Waals surface area (Å²) >= 11 is 0. The maximum atomic E-state index is 12.9. The number of nitro groups is 1. The predicted octanol–water partition coefficient (Wildman–Crippen LogP) is 4.42. The van der Waals surface area contributed by atoms with Gasteiger partial charge in [0.25, 0.3) is 5.69 Å². The van der Waals surface area contributed by atoms with E-state index in [1.54, 1.807) is 11.0 Å². The zero-order valence-electron chi connectivity index (χ0n) is 18.0. The molecule has 0 unspecified atom stereocenters. The van der Waals surface area contributed by atoms with E-state index in [1.165, 1.54) is 6.07 Å². The number of benzene rings is 1. The topological polar surface area (TPSA) is 103 Å².